The van der Waals surface area contributed by atoms with Crippen molar-refractivity contribution in [2.24, 2.45) is 10.7 Å². The number of ether oxygens (including phenoxy) is 1. The van der Waals surface area contributed by atoms with Gasteiger partial charge >= 0.3 is 0 Å². The van der Waals surface area contributed by atoms with Gasteiger partial charge in [-0.05, 0) is 53.9 Å². The highest BCUT2D eigenvalue weighted by atomic mass is 16.5. The number of benzene rings is 2. The van der Waals surface area contributed by atoms with Gasteiger partial charge in [0.05, 0.1) is 18.7 Å². The molecule has 0 aliphatic heterocycles. The van der Waals surface area contributed by atoms with E-state index in [0.29, 0.717) is 30.1 Å². The summed E-state index contributed by atoms with van der Waals surface area (Å²) in [6.07, 6.45) is 5.44. The molecule has 0 aliphatic carbocycles. The van der Waals surface area contributed by atoms with Gasteiger partial charge < -0.3 is 21.1 Å². The van der Waals surface area contributed by atoms with E-state index in [1.165, 1.54) is 6.20 Å². The van der Waals surface area contributed by atoms with E-state index in [2.05, 4.69) is 26.7 Å². The predicted molar refractivity (Wildman–Crippen MR) is 138 cm³/mol. The third kappa shape index (κ3) is 7.00. The Balaban J connectivity index is 1.73. The Hall–Kier alpha value is -4.48. The molecule has 0 aliphatic rings. The molecule has 0 saturated carbocycles. The van der Waals surface area contributed by atoms with Crippen molar-refractivity contribution in [3.05, 3.63) is 95.3 Å². The van der Waals surface area contributed by atoms with Crippen molar-refractivity contribution in [1.29, 1.82) is 5.26 Å². The molecule has 178 valence electrons. The molecule has 1 unspecified atom stereocenters. The van der Waals surface area contributed by atoms with Crippen LogP contribution in [-0.4, -0.2) is 37.8 Å². The fourth-order valence-electron chi connectivity index (χ4n) is 3.45. The molecule has 0 radical (unpaired) electrons. The van der Waals surface area contributed by atoms with E-state index in [0.717, 1.165) is 22.3 Å². The average Bonchev–Trinajstić information content (AvgIpc) is 2.90. The van der Waals surface area contributed by atoms with Crippen molar-refractivity contribution >= 4 is 23.5 Å². The zero-order chi connectivity index (χ0) is 25.0. The fraction of sp³-hybridized carbons (Fsp3) is 0.185. The molecule has 1 heterocycles. The highest BCUT2D eigenvalue weighted by Crippen LogP contribution is 2.20. The van der Waals surface area contributed by atoms with E-state index in [1.807, 2.05) is 42.5 Å². The fourth-order valence-corrected chi connectivity index (χ4v) is 3.45. The number of aliphatic imine (C=N–C) groups is 1. The lowest BCUT2D eigenvalue weighted by Gasteiger charge is -2.19. The summed E-state index contributed by atoms with van der Waals surface area (Å²) in [5, 5.41) is 15.2. The second kappa shape index (κ2) is 12.7. The number of allylic oxidation sites excluding steroid dienone is 1. The molecule has 1 amide bonds. The number of hydrogen-bond donors (Lipinski definition) is 3. The minimum Gasteiger partial charge on any atom is -0.497 e. The van der Waals surface area contributed by atoms with E-state index < -0.39 is 6.04 Å². The van der Waals surface area contributed by atoms with Gasteiger partial charge in [-0.3, -0.25) is 9.79 Å². The van der Waals surface area contributed by atoms with Crippen LogP contribution in [0.1, 0.15) is 28.3 Å². The zero-order valence-corrected chi connectivity index (χ0v) is 19.7. The molecule has 0 fully saturated rings. The Bertz CT molecular complexity index is 1210. The second-order valence-corrected chi connectivity index (χ2v) is 7.65. The molecule has 0 saturated heterocycles. The van der Waals surface area contributed by atoms with Crippen molar-refractivity contribution in [3.63, 3.8) is 0 Å². The van der Waals surface area contributed by atoms with Crippen molar-refractivity contribution in [2.45, 2.75) is 12.5 Å². The molecule has 3 aromatic rings. The first kappa shape index (κ1) is 25.1. The lowest BCUT2D eigenvalue weighted by molar-refractivity contribution is -0.118. The summed E-state index contributed by atoms with van der Waals surface area (Å²) >= 11 is 0. The van der Waals surface area contributed by atoms with Gasteiger partial charge in [0.2, 0.25) is 5.91 Å². The van der Waals surface area contributed by atoms with Gasteiger partial charge in [-0.25, -0.2) is 4.98 Å². The van der Waals surface area contributed by atoms with Crippen LogP contribution in [-0.2, 0) is 11.2 Å². The van der Waals surface area contributed by atoms with Crippen LogP contribution >= 0.6 is 0 Å². The van der Waals surface area contributed by atoms with Crippen LogP contribution in [0.3, 0.4) is 0 Å². The molecule has 2 aromatic carbocycles. The summed E-state index contributed by atoms with van der Waals surface area (Å²) in [7, 11) is 3.27. The summed E-state index contributed by atoms with van der Waals surface area (Å²) in [5.41, 5.74) is 9.67. The number of aromatic nitrogens is 1. The number of hydrogen-bond acceptors (Lipinski definition) is 7. The van der Waals surface area contributed by atoms with Crippen molar-refractivity contribution in [2.75, 3.05) is 26.0 Å². The normalized spacial score (nSPS) is 12.2. The lowest BCUT2D eigenvalue weighted by Crippen LogP contribution is -2.34. The van der Waals surface area contributed by atoms with Crippen LogP contribution in [0.25, 0.3) is 5.57 Å². The largest absolute Gasteiger partial charge is 0.497 e. The lowest BCUT2D eigenvalue weighted by atomic mass is 10.0. The Morgan fingerprint density at radius 1 is 1.17 bits per heavy atom. The molecule has 3 rings (SSSR count). The third-order valence-electron chi connectivity index (χ3n) is 5.35. The molecule has 8 nitrogen and oxygen atoms in total. The monoisotopic (exact) mass is 468 g/mol. The maximum absolute atomic E-state index is 13.2. The van der Waals surface area contributed by atoms with Crippen molar-refractivity contribution in [3.8, 4) is 11.8 Å². The van der Waals surface area contributed by atoms with E-state index in [1.54, 1.807) is 44.8 Å². The summed E-state index contributed by atoms with van der Waals surface area (Å²) < 4.78 is 5.24. The third-order valence-corrected chi connectivity index (χ3v) is 5.35. The zero-order valence-electron chi connectivity index (χ0n) is 19.7. The summed E-state index contributed by atoms with van der Waals surface area (Å²) in [5.74, 6) is 0.901. The number of rotatable bonds is 10. The van der Waals surface area contributed by atoms with Crippen LogP contribution in [0.5, 0.6) is 5.75 Å². The van der Waals surface area contributed by atoms with Crippen LogP contribution in [0.15, 0.2) is 78.1 Å². The van der Waals surface area contributed by atoms with E-state index >= 15 is 0 Å². The molecule has 0 spiro atoms. The Kier molecular flexibility index (Phi) is 9.11. The first-order valence-corrected chi connectivity index (χ1v) is 11.1. The van der Waals surface area contributed by atoms with Gasteiger partial charge in [0.25, 0.3) is 0 Å². The van der Waals surface area contributed by atoms with Crippen LogP contribution in [0, 0.1) is 11.3 Å². The summed E-state index contributed by atoms with van der Waals surface area (Å²) in [6, 6.07) is 19.8. The van der Waals surface area contributed by atoms with E-state index in [9.17, 15) is 4.79 Å². The Morgan fingerprint density at radius 2 is 1.91 bits per heavy atom. The number of nitrogens with two attached hydrogens (primary N) is 1. The summed E-state index contributed by atoms with van der Waals surface area (Å²) in [6.45, 7) is 0.559. The number of anilines is 1. The maximum atomic E-state index is 13.2. The standard InChI is InChI=1S/C27H28N6O2/c1-30-17-23(16-29)22-9-12-25(32-18-22)33-27(34)26(21-7-10-24(35-2)11-8-21)31-14-13-19-3-5-20(15-28)6-4-19/h3-12,16-18,26,31H,13-14,29H2,1-2H3,(H,32,33,34). The van der Waals surface area contributed by atoms with Gasteiger partial charge in [-0.15, -0.1) is 0 Å². The van der Waals surface area contributed by atoms with E-state index in [4.69, 9.17) is 15.7 Å². The van der Waals surface area contributed by atoms with Gasteiger partial charge in [-0.1, -0.05) is 24.3 Å². The van der Waals surface area contributed by atoms with Crippen LogP contribution < -0.4 is 21.1 Å². The maximum Gasteiger partial charge on any atom is 0.247 e. The second-order valence-electron chi connectivity index (χ2n) is 7.65. The molecule has 1 atom stereocenters. The molecule has 35 heavy (non-hydrogen) atoms. The highest BCUT2D eigenvalue weighted by molar-refractivity contribution is 6.09. The number of methoxy groups -OCH3 is 1. The number of pyridine rings is 1. The smallest absolute Gasteiger partial charge is 0.247 e. The Labute approximate surface area is 205 Å². The molecule has 1 aromatic heterocycles. The molecular formula is C27H28N6O2. The number of amides is 1. The van der Waals surface area contributed by atoms with Gasteiger partial charge in [0.1, 0.15) is 17.6 Å². The number of carbonyl (C=O) groups is 1. The van der Waals surface area contributed by atoms with Gasteiger partial charge in [-0.2, -0.15) is 5.26 Å². The van der Waals surface area contributed by atoms with Gasteiger partial charge in [0.15, 0.2) is 0 Å². The minimum absolute atomic E-state index is 0.236. The first-order valence-electron chi connectivity index (χ1n) is 11.1. The van der Waals surface area contributed by atoms with E-state index in [-0.39, 0.29) is 5.91 Å². The summed E-state index contributed by atoms with van der Waals surface area (Å²) in [4.78, 5) is 21.6. The molecule has 8 heteroatoms. The van der Waals surface area contributed by atoms with Gasteiger partial charge in [0, 0.05) is 43.3 Å². The van der Waals surface area contributed by atoms with Crippen LogP contribution in [0.4, 0.5) is 5.82 Å². The van der Waals surface area contributed by atoms with Crippen molar-refractivity contribution < 1.29 is 9.53 Å². The number of carbonyl (C=O) groups excluding carboxylic acids is 1. The first-order chi connectivity index (χ1) is 17.1. The SMILES string of the molecule is CN=CC(=CN)c1ccc(NC(=O)C(NCCc2ccc(C#N)cc2)c2ccc(OC)cc2)nc1. The molecule has 4 N–H and O–H groups in total. The van der Waals surface area contributed by atoms with Crippen molar-refractivity contribution in [1.82, 2.24) is 10.3 Å². The predicted octanol–water partition coefficient (Wildman–Crippen LogP) is 3.47. The molecular weight excluding hydrogens is 440 g/mol. The quantitative estimate of drug-likeness (QED) is 0.391. The highest BCUT2D eigenvalue weighted by Gasteiger charge is 2.21. The number of nitriles is 1. The average molecular weight is 469 g/mol. The Morgan fingerprint density at radius 3 is 2.49 bits per heavy atom. The minimum atomic E-state index is -0.604. The molecule has 0 bridgehead atoms. The topological polar surface area (TPSA) is 125 Å². The van der Waals surface area contributed by atoms with Crippen LogP contribution in [0.2, 0.25) is 0 Å². The number of nitrogens with one attached hydrogen (secondary N) is 2. The number of nitrogens with zero attached hydrogens (tertiary/aromatic N) is 3.